The van der Waals surface area contributed by atoms with Crippen molar-refractivity contribution in [2.24, 2.45) is 11.8 Å². The average Bonchev–Trinajstić information content (AvgIpc) is 3.69. The van der Waals surface area contributed by atoms with Crippen LogP contribution in [0.5, 0.6) is 0 Å². The van der Waals surface area contributed by atoms with E-state index in [0.717, 1.165) is 134 Å². The number of amides is 1. The first kappa shape index (κ1) is 71.1. The third-order valence-corrected chi connectivity index (χ3v) is 14.7. The summed E-state index contributed by atoms with van der Waals surface area (Å²) in [5, 5.41) is 0. The molecule has 0 unspecified atom stereocenters. The van der Waals surface area contributed by atoms with Gasteiger partial charge < -0.3 is 38.1 Å². The average molecular weight is 1130 g/mol. The quantitative estimate of drug-likeness (QED) is 0.0338. The minimum absolute atomic E-state index is 0.0286. The second-order valence-electron chi connectivity index (χ2n) is 22.1. The summed E-state index contributed by atoms with van der Waals surface area (Å²) in [4.78, 5) is 101. The first-order valence-electron chi connectivity index (χ1n) is 31.4. The fourth-order valence-electron chi connectivity index (χ4n) is 9.66. The second kappa shape index (κ2) is 47.7. The monoisotopic (exact) mass is 1130 g/mol. The van der Waals surface area contributed by atoms with E-state index < -0.39 is 42.0 Å². The second-order valence-corrected chi connectivity index (χ2v) is 22.1. The standard InChI is InChI=1S/C63H107N3O14/c1-6-10-14-18-22-26-34-57(67)75-46-52(47-76-58(68)35-27-23-19-15-11-7-2)44-61(71)79-50-55-32-30-31-33-56(66(55)63(73)74-43-42-65(5)54-38-40-64-41-39-54)51-80-62(72)45-53(48-77-59(69)36-28-24-20-16-12-8-3)49-78-60(70)37-29-25-21-17-13-9-4/h38-41,52-53,55-56H,6-37,42-51H2,1-5H3/t55-,56+. The molecule has 0 spiro atoms. The molecule has 0 saturated carbocycles. The molecule has 80 heavy (non-hydrogen) atoms. The number of anilines is 1. The third-order valence-electron chi connectivity index (χ3n) is 14.7. The maximum absolute atomic E-state index is 14.3. The number of pyridine rings is 1. The number of hydrogen-bond acceptors (Lipinski definition) is 16. The van der Waals surface area contributed by atoms with Crippen molar-refractivity contribution in [3.63, 3.8) is 0 Å². The Balaban J connectivity index is 2.22. The van der Waals surface area contributed by atoms with Crippen molar-refractivity contribution >= 4 is 47.6 Å². The molecule has 0 aromatic carbocycles. The molecular weight excluding hydrogens is 1020 g/mol. The van der Waals surface area contributed by atoms with Crippen molar-refractivity contribution < 1.29 is 66.7 Å². The van der Waals surface area contributed by atoms with E-state index in [2.05, 4.69) is 32.7 Å². The molecule has 17 heteroatoms. The number of esters is 6. The molecule has 1 fully saturated rings. The van der Waals surface area contributed by atoms with Crippen LogP contribution in [0.3, 0.4) is 0 Å². The number of aromatic nitrogens is 1. The highest BCUT2D eigenvalue weighted by Crippen LogP contribution is 2.26. The van der Waals surface area contributed by atoms with E-state index in [0.29, 0.717) is 57.9 Å². The van der Waals surface area contributed by atoms with Gasteiger partial charge in [-0.1, -0.05) is 169 Å². The number of carbonyl (C=O) groups is 7. The Morgan fingerprint density at radius 1 is 0.463 bits per heavy atom. The van der Waals surface area contributed by atoms with Crippen molar-refractivity contribution in [1.82, 2.24) is 9.88 Å². The summed E-state index contributed by atoms with van der Waals surface area (Å²) < 4.78 is 40.3. The van der Waals surface area contributed by atoms with E-state index in [-0.39, 0.29) is 109 Å². The maximum atomic E-state index is 14.3. The smallest absolute Gasteiger partial charge is 0.410 e. The number of likely N-dealkylation sites (tertiary alicyclic amines) is 1. The van der Waals surface area contributed by atoms with Crippen LogP contribution < -0.4 is 4.90 Å². The van der Waals surface area contributed by atoms with Crippen LogP contribution in [0, 0.1) is 11.8 Å². The van der Waals surface area contributed by atoms with E-state index in [4.69, 9.17) is 33.2 Å². The Morgan fingerprint density at radius 2 is 0.787 bits per heavy atom. The minimum Gasteiger partial charge on any atom is -0.465 e. The van der Waals surface area contributed by atoms with Gasteiger partial charge in [-0.2, -0.15) is 0 Å². The number of nitrogens with zero attached hydrogens (tertiary/aromatic N) is 3. The molecule has 1 aliphatic rings. The predicted molar refractivity (Wildman–Crippen MR) is 311 cm³/mol. The summed E-state index contributed by atoms with van der Waals surface area (Å²) in [5.41, 5.74) is 0.886. The Hall–Kier alpha value is -4.96. The number of rotatable bonds is 48. The number of ether oxygens (including phenoxy) is 7. The molecule has 1 amide bonds. The SMILES string of the molecule is CCCCCCCCC(=O)OCC(COC(=O)CCCCCCCC)CC(=O)OC[C@H]1CCCC[C@@H](COC(=O)CC(COC(=O)CCCCCCCC)COC(=O)CCCCCCCC)N1C(=O)OCCN(C)c1ccncc1. The number of likely N-dealkylation sites (N-methyl/N-ethyl adjacent to an activating group) is 1. The zero-order chi connectivity index (χ0) is 58.3. The van der Waals surface area contributed by atoms with Crippen LogP contribution in [0.2, 0.25) is 0 Å². The van der Waals surface area contributed by atoms with Crippen LogP contribution in [-0.2, 0) is 61.9 Å². The number of hydrogen-bond donors (Lipinski definition) is 0. The normalized spacial score (nSPS) is 14.3. The van der Waals surface area contributed by atoms with Gasteiger partial charge in [-0.05, 0) is 50.7 Å². The van der Waals surface area contributed by atoms with Gasteiger partial charge in [-0.3, -0.25) is 38.7 Å². The van der Waals surface area contributed by atoms with Crippen molar-refractivity contribution in [3.05, 3.63) is 24.5 Å². The third kappa shape index (κ3) is 36.4. The molecule has 1 aliphatic heterocycles. The highest BCUT2D eigenvalue weighted by atomic mass is 16.6. The van der Waals surface area contributed by atoms with Gasteiger partial charge in [0.15, 0.2) is 0 Å². The van der Waals surface area contributed by atoms with Crippen LogP contribution in [-0.4, -0.2) is 124 Å². The van der Waals surface area contributed by atoms with Gasteiger partial charge in [0.25, 0.3) is 0 Å². The fourth-order valence-corrected chi connectivity index (χ4v) is 9.66. The molecule has 0 bridgehead atoms. The van der Waals surface area contributed by atoms with Gasteiger partial charge in [0, 0.05) is 62.6 Å². The summed E-state index contributed by atoms with van der Waals surface area (Å²) in [6, 6.07) is 2.40. The van der Waals surface area contributed by atoms with Crippen molar-refractivity contribution in [3.8, 4) is 0 Å². The summed E-state index contributed by atoms with van der Waals surface area (Å²) in [7, 11) is 1.88. The lowest BCUT2D eigenvalue weighted by molar-refractivity contribution is -0.156. The van der Waals surface area contributed by atoms with Gasteiger partial charge in [0.05, 0.1) is 57.9 Å². The van der Waals surface area contributed by atoms with E-state index in [1.807, 2.05) is 24.1 Å². The number of unbranched alkanes of at least 4 members (excludes halogenated alkanes) is 20. The zero-order valence-electron chi connectivity index (χ0n) is 50.4. The molecule has 0 aliphatic carbocycles. The summed E-state index contributed by atoms with van der Waals surface area (Å²) in [5.74, 6) is -4.01. The lowest BCUT2D eigenvalue weighted by Crippen LogP contribution is -2.51. The molecule has 1 aromatic heterocycles. The van der Waals surface area contributed by atoms with Gasteiger partial charge in [-0.25, -0.2) is 4.79 Å². The largest absolute Gasteiger partial charge is 0.465 e. The molecule has 2 rings (SSSR count). The van der Waals surface area contributed by atoms with Gasteiger partial charge >= 0.3 is 41.9 Å². The van der Waals surface area contributed by atoms with Crippen LogP contribution in [0.4, 0.5) is 10.5 Å². The Bertz CT molecular complexity index is 1640. The van der Waals surface area contributed by atoms with Gasteiger partial charge in [0.1, 0.15) is 19.8 Å². The molecule has 1 saturated heterocycles. The lowest BCUT2D eigenvalue weighted by Gasteiger charge is -2.35. The molecule has 17 nitrogen and oxygen atoms in total. The fraction of sp³-hybridized carbons (Fsp3) is 0.810. The van der Waals surface area contributed by atoms with Gasteiger partial charge in [0.2, 0.25) is 0 Å². The van der Waals surface area contributed by atoms with E-state index in [1.165, 1.54) is 4.90 Å². The van der Waals surface area contributed by atoms with E-state index in [9.17, 15) is 33.6 Å². The van der Waals surface area contributed by atoms with E-state index >= 15 is 0 Å². The summed E-state index contributed by atoms with van der Waals surface area (Å²) in [6.07, 6.45) is 30.1. The minimum atomic E-state index is -0.656. The number of carbonyl (C=O) groups excluding carboxylic acids is 7. The highest BCUT2D eigenvalue weighted by molar-refractivity contribution is 5.73. The first-order valence-corrected chi connectivity index (χ1v) is 31.4. The summed E-state index contributed by atoms with van der Waals surface area (Å²) in [6.45, 7) is 8.15. The lowest BCUT2D eigenvalue weighted by atomic mass is 10.1. The Labute approximate surface area is 481 Å². The summed E-state index contributed by atoms with van der Waals surface area (Å²) >= 11 is 0. The molecule has 1 aromatic rings. The molecular formula is C63H107N3O14. The Morgan fingerprint density at radius 3 is 1.12 bits per heavy atom. The maximum Gasteiger partial charge on any atom is 0.410 e. The van der Waals surface area contributed by atoms with Crippen molar-refractivity contribution in [2.75, 3.05) is 64.7 Å². The van der Waals surface area contributed by atoms with Crippen LogP contribution in [0.15, 0.2) is 24.5 Å². The first-order chi connectivity index (χ1) is 38.9. The highest BCUT2D eigenvalue weighted by Gasteiger charge is 2.36. The topological polar surface area (TPSA) is 203 Å². The molecule has 0 N–H and O–H groups in total. The Kier molecular flexibility index (Phi) is 42.4. The molecule has 2 heterocycles. The van der Waals surface area contributed by atoms with Gasteiger partial charge in [-0.15, -0.1) is 0 Å². The molecule has 2 atom stereocenters. The van der Waals surface area contributed by atoms with Crippen molar-refractivity contribution in [2.45, 2.75) is 258 Å². The zero-order valence-corrected chi connectivity index (χ0v) is 50.4. The molecule has 458 valence electrons. The predicted octanol–water partition coefficient (Wildman–Crippen LogP) is 13.5. The van der Waals surface area contributed by atoms with E-state index in [1.54, 1.807) is 12.4 Å². The van der Waals surface area contributed by atoms with Crippen molar-refractivity contribution in [1.29, 1.82) is 0 Å². The van der Waals surface area contributed by atoms with Crippen LogP contribution in [0.1, 0.15) is 246 Å². The van der Waals surface area contributed by atoms with Crippen LogP contribution >= 0.6 is 0 Å². The van der Waals surface area contributed by atoms with Crippen LogP contribution in [0.25, 0.3) is 0 Å². The molecule has 0 radical (unpaired) electrons.